The zero-order valence-corrected chi connectivity index (χ0v) is 16.0. The Labute approximate surface area is 148 Å². The van der Waals surface area contributed by atoms with Crippen molar-refractivity contribution in [1.29, 1.82) is 0 Å². The Balaban J connectivity index is 1.90. The molecule has 0 saturated carbocycles. The molecule has 4 nitrogen and oxygen atoms in total. The summed E-state index contributed by atoms with van der Waals surface area (Å²) >= 11 is 0. The summed E-state index contributed by atoms with van der Waals surface area (Å²) in [7, 11) is 2.23. The Kier molecular flexibility index (Phi) is 7.05. The first-order valence-corrected chi connectivity index (χ1v) is 9.41. The van der Waals surface area contributed by atoms with Crippen LogP contribution < -0.4 is 5.32 Å². The largest absolute Gasteiger partial charge is 0.356 e. The molecule has 1 atom stereocenters. The van der Waals surface area contributed by atoms with E-state index in [4.69, 9.17) is 0 Å². The number of nitrogens with one attached hydrogen (secondary N) is 1. The molecule has 136 valence electrons. The molecule has 0 aliphatic carbocycles. The second-order valence-electron chi connectivity index (χ2n) is 7.85. The van der Waals surface area contributed by atoms with Crippen LogP contribution in [0.15, 0.2) is 23.3 Å². The van der Waals surface area contributed by atoms with Gasteiger partial charge in [-0.2, -0.15) is 0 Å². The van der Waals surface area contributed by atoms with Crippen molar-refractivity contribution < 1.29 is 4.79 Å². The van der Waals surface area contributed by atoms with Crippen LogP contribution in [0.5, 0.6) is 0 Å². The van der Waals surface area contributed by atoms with E-state index >= 15 is 0 Å². The molecule has 1 spiro atoms. The lowest BCUT2D eigenvalue weighted by atomic mass is 9.86. The smallest absolute Gasteiger partial charge is 0.220 e. The SMILES string of the molecule is CC(C)=CCC/C(C)=C/CN1CCN(C)[C@]2(CCNC(=O)CC2)C1. The highest BCUT2D eigenvalue weighted by molar-refractivity contribution is 5.76. The van der Waals surface area contributed by atoms with Crippen LogP contribution in [0, 0.1) is 0 Å². The monoisotopic (exact) mass is 333 g/mol. The molecule has 1 amide bonds. The van der Waals surface area contributed by atoms with Crippen LogP contribution in [0.25, 0.3) is 0 Å². The summed E-state index contributed by atoms with van der Waals surface area (Å²) < 4.78 is 0. The highest BCUT2D eigenvalue weighted by Gasteiger charge is 2.40. The molecule has 1 N–H and O–H groups in total. The topological polar surface area (TPSA) is 35.6 Å². The van der Waals surface area contributed by atoms with Gasteiger partial charge in [-0.05, 0) is 53.5 Å². The molecule has 2 saturated heterocycles. The lowest BCUT2D eigenvalue weighted by Crippen LogP contribution is -2.61. The number of likely N-dealkylation sites (N-methyl/N-ethyl adjacent to an activating group) is 1. The van der Waals surface area contributed by atoms with E-state index in [-0.39, 0.29) is 11.4 Å². The number of piperazine rings is 1. The fourth-order valence-electron chi connectivity index (χ4n) is 3.81. The number of carbonyl (C=O) groups excluding carboxylic acids is 1. The fourth-order valence-corrected chi connectivity index (χ4v) is 3.81. The summed E-state index contributed by atoms with van der Waals surface area (Å²) in [6.45, 7) is 11.7. The number of carbonyl (C=O) groups is 1. The third-order valence-corrected chi connectivity index (χ3v) is 5.60. The number of hydrogen-bond acceptors (Lipinski definition) is 3. The first-order chi connectivity index (χ1) is 11.4. The van der Waals surface area contributed by atoms with Gasteiger partial charge in [0.15, 0.2) is 0 Å². The average Bonchev–Trinajstić information content (AvgIpc) is 2.71. The summed E-state index contributed by atoms with van der Waals surface area (Å²) in [6, 6.07) is 0. The minimum Gasteiger partial charge on any atom is -0.356 e. The van der Waals surface area contributed by atoms with Crippen LogP contribution in [0.1, 0.15) is 52.9 Å². The average molecular weight is 334 g/mol. The summed E-state index contributed by atoms with van der Waals surface area (Å²) in [4.78, 5) is 16.8. The first-order valence-electron chi connectivity index (χ1n) is 9.41. The third kappa shape index (κ3) is 5.45. The van der Waals surface area contributed by atoms with E-state index < -0.39 is 0 Å². The van der Waals surface area contributed by atoms with Gasteiger partial charge in [-0.1, -0.05) is 23.3 Å². The summed E-state index contributed by atoms with van der Waals surface area (Å²) in [5.74, 6) is 0.215. The van der Waals surface area contributed by atoms with Gasteiger partial charge < -0.3 is 5.32 Å². The molecule has 2 heterocycles. The zero-order chi connectivity index (χ0) is 17.6. The van der Waals surface area contributed by atoms with E-state index in [0.29, 0.717) is 6.42 Å². The van der Waals surface area contributed by atoms with Crippen molar-refractivity contribution in [3.8, 4) is 0 Å². The Hall–Kier alpha value is -1.13. The molecule has 0 bridgehead atoms. The maximum absolute atomic E-state index is 11.7. The van der Waals surface area contributed by atoms with Crippen LogP contribution in [-0.4, -0.2) is 61.0 Å². The Morgan fingerprint density at radius 2 is 2.00 bits per heavy atom. The molecule has 0 radical (unpaired) electrons. The predicted molar refractivity (Wildman–Crippen MR) is 101 cm³/mol. The molecule has 0 aromatic heterocycles. The molecular weight excluding hydrogens is 298 g/mol. The molecule has 2 rings (SSSR count). The summed E-state index contributed by atoms with van der Waals surface area (Å²) in [6.07, 6.45) is 9.73. The standard InChI is InChI=1S/C20H35N3O/c1-17(2)6-5-7-18(3)9-13-23-15-14-22(4)20(16-23)10-8-19(24)21-12-11-20/h6,9H,5,7-8,10-16H2,1-4H3,(H,21,24)/b18-9+/t20-/m1/s1. The molecule has 4 heteroatoms. The van der Waals surface area contributed by atoms with E-state index in [0.717, 1.165) is 58.4 Å². The maximum Gasteiger partial charge on any atom is 0.220 e. The molecule has 0 aromatic rings. The molecule has 2 aliphatic rings. The Morgan fingerprint density at radius 1 is 1.21 bits per heavy atom. The molecule has 0 unspecified atom stereocenters. The first kappa shape index (κ1) is 19.2. The van der Waals surface area contributed by atoms with Crippen molar-refractivity contribution >= 4 is 5.91 Å². The molecule has 24 heavy (non-hydrogen) atoms. The van der Waals surface area contributed by atoms with E-state index in [2.05, 4.69) is 55.1 Å². The van der Waals surface area contributed by atoms with Crippen molar-refractivity contribution in [3.05, 3.63) is 23.3 Å². The lowest BCUT2D eigenvalue weighted by Gasteiger charge is -2.49. The van der Waals surface area contributed by atoms with Crippen molar-refractivity contribution in [3.63, 3.8) is 0 Å². The van der Waals surface area contributed by atoms with Crippen LogP contribution in [-0.2, 0) is 4.79 Å². The van der Waals surface area contributed by atoms with Crippen molar-refractivity contribution in [1.82, 2.24) is 15.1 Å². The second kappa shape index (κ2) is 8.82. The quantitative estimate of drug-likeness (QED) is 0.786. The number of nitrogens with zero attached hydrogens (tertiary/aromatic N) is 2. The molecule has 2 fully saturated rings. The van der Waals surface area contributed by atoms with Gasteiger partial charge in [0.1, 0.15) is 0 Å². The number of amides is 1. The molecule has 0 aromatic carbocycles. The minimum absolute atomic E-state index is 0.168. The molecular formula is C20H35N3O. The van der Waals surface area contributed by atoms with Crippen LogP contribution >= 0.6 is 0 Å². The van der Waals surface area contributed by atoms with Gasteiger partial charge in [0.25, 0.3) is 0 Å². The number of rotatable bonds is 5. The van der Waals surface area contributed by atoms with Crippen molar-refractivity contribution in [2.24, 2.45) is 0 Å². The maximum atomic E-state index is 11.7. The van der Waals surface area contributed by atoms with E-state index in [1.54, 1.807) is 0 Å². The minimum atomic E-state index is 0.168. The predicted octanol–water partition coefficient (Wildman–Crippen LogP) is 2.97. The fraction of sp³-hybridized carbons (Fsp3) is 0.750. The third-order valence-electron chi connectivity index (χ3n) is 5.60. The van der Waals surface area contributed by atoms with Crippen molar-refractivity contribution in [2.75, 3.05) is 39.8 Å². The van der Waals surface area contributed by atoms with Gasteiger partial charge in [0, 0.05) is 44.7 Å². The van der Waals surface area contributed by atoms with Crippen molar-refractivity contribution in [2.45, 2.75) is 58.4 Å². The van der Waals surface area contributed by atoms with E-state index in [1.165, 1.54) is 11.1 Å². The van der Waals surface area contributed by atoms with Crippen LogP contribution in [0.4, 0.5) is 0 Å². The number of allylic oxidation sites excluding steroid dienone is 3. The highest BCUT2D eigenvalue weighted by Crippen LogP contribution is 2.30. The highest BCUT2D eigenvalue weighted by atomic mass is 16.1. The van der Waals surface area contributed by atoms with Gasteiger partial charge in [-0.15, -0.1) is 0 Å². The van der Waals surface area contributed by atoms with E-state index in [9.17, 15) is 4.79 Å². The zero-order valence-electron chi connectivity index (χ0n) is 16.0. The van der Waals surface area contributed by atoms with Crippen LogP contribution in [0.3, 0.4) is 0 Å². The van der Waals surface area contributed by atoms with Gasteiger partial charge in [-0.25, -0.2) is 0 Å². The Bertz CT molecular complexity index is 493. The second-order valence-corrected chi connectivity index (χ2v) is 7.85. The lowest BCUT2D eigenvalue weighted by molar-refractivity contribution is -0.121. The summed E-state index contributed by atoms with van der Waals surface area (Å²) in [5.41, 5.74) is 3.06. The van der Waals surface area contributed by atoms with Gasteiger partial charge in [0.05, 0.1) is 0 Å². The van der Waals surface area contributed by atoms with Gasteiger partial charge in [0.2, 0.25) is 5.91 Å². The van der Waals surface area contributed by atoms with Gasteiger partial charge >= 0.3 is 0 Å². The Morgan fingerprint density at radius 3 is 2.75 bits per heavy atom. The number of hydrogen-bond donors (Lipinski definition) is 1. The summed E-state index contributed by atoms with van der Waals surface area (Å²) in [5, 5.41) is 3.03. The van der Waals surface area contributed by atoms with Gasteiger partial charge in [-0.3, -0.25) is 14.6 Å². The normalized spacial score (nSPS) is 27.0. The van der Waals surface area contributed by atoms with Crippen LogP contribution in [0.2, 0.25) is 0 Å². The molecule has 2 aliphatic heterocycles. The van der Waals surface area contributed by atoms with E-state index in [1.807, 2.05) is 0 Å².